The molecule has 3 aliphatic heterocycles. The third-order valence-electron chi connectivity index (χ3n) is 13.4. The molecule has 10 nitrogen and oxygen atoms in total. The van der Waals surface area contributed by atoms with Crippen molar-refractivity contribution in [1.29, 1.82) is 0 Å². The number of ketones is 1. The van der Waals surface area contributed by atoms with Gasteiger partial charge < -0.3 is 34.4 Å². The first-order chi connectivity index (χ1) is 26.6. The number of hydrogen-bond donors (Lipinski definition) is 3. The molecule has 57 heavy (non-hydrogen) atoms. The maximum atomic E-state index is 13.7. The van der Waals surface area contributed by atoms with E-state index in [1.807, 2.05) is 27.7 Å². The van der Waals surface area contributed by atoms with Crippen LogP contribution in [0.2, 0.25) is 18.1 Å². The number of allylic oxidation sites excluding steroid dienone is 3. The van der Waals surface area contributed by atoms with E-state index in [4.69, 9.17) is 18.6 Å². The second-order valence-corrected chi connectivity index (χ2v) is 24.3. The lowest BCUT2D eigenvalue weighted by Crippen LogP contribution is -2.52. The largest absolute Gasteiger partial charge is 0.411 e. The molecular weight excluding hydrogens is 737 g/mol. The maximum Gasteiger partial charge on any atom is 0.225 e. The van der Waals surface area contributed by atoms with E-state index in [0.717, 1.165) is 76.2 Å². The van der Waals surface area contributed by atoms with Gasteiger partial charge in [-0.2, -0.15) is 0 Å². The molecule has 11 atom stereocenters. The van der Waals surface area contributed by atoms with E-state index < -0.39 is 32.2 Å². The number of ether oxygens (including phenoxy) is 3. The molecule has 3 N–H and O–H groups in total. The highest BCUT2D eigenvalue weighted by Crippen LogP contribution is 2.43. The molecule has 0 aromatic heterocycles. The van der Waals surface area contributed by atoms with Crippen LogP contribution in [0.25, 0.3) is 0 Å². The monoisotopic (exact) mass is 819 g/mol. The van der Waals surface area contributed by atoms with E-state index in [9.17, 15) is 19.5 Å². The average molecular weight is 819 g/mol. The molecule has 3 aliphatic rings. The minimum atomic E-state index is -2.28. The van der Waals surface area contributed by atoms with Gasteiger partial charge in [0.1, 0.15) is 0 Å². The maximum absolute atomic E-state index is 13.7. The highest BCUT2D eigenvalue weighted by Gasteiger charge is 2.45. The van der Waals surface area contributed by atoms with Gasteiger partial charge in [0.2, 0.25) is 11.8 Å². The molecule has 0 saturated carbocycles. The van der Waals surface area contributed by atoms with Crippen molar-refractivity contribution in [2.75, 3.05) is 13.1 Å². The molecule has 3 saturated heterocycles. The van der Waals surface area contributed by atoms with Gasteiger partial charge in [-0.1, -0.05) is 60.6 Å². The van der Waals surface area contributed by atoms with Crippen molar-refractivity contribution in [1.82, 2.24) is 10.6 Å². The first-order valence-corrected chi connectivity index (χ1v) is 25.3. The van der Waals surface area contributed by atoms with Crippen molar-refractivity contribution < 1.29 is 38.1 Å². The first kappa shape index (κ1) is 49.5. The van der Waals surface area contributed by atoms with Crippen molar-refractivity contribution in [2.45, 2.75) is 213 Å². The lowest BCUT2D eigenvalue weighted by Gasteiger charge is -2.48. The number of hydrogen-bond acceptors (Lipinski definition) is 8. The quantitative estimate of drug-likeness (QED) is 0.0481. The Bertz CT molecular complexity index is 1340. The number of aliphatic hydroxyl groups excluding tert-OH is 1. The van der Waals surface area contributed by atoms with Crippen molar-refractivity contribution in [3.05, 3.63) is 23.8 Å². The molecule has 3 heterocycles. The van der Waals surface area contributed by atoms with Gasteiger partial charge in [-0.25, -0.2) is 0 Å². The Labute approximate surface area is 347 Å². The van der Waals surface area contributed by atoms with Crippen LogP contribution in [0.5, 0.6) is 0 Å². The third-order valence-corrected chi connectivity index (χ3v) is 17.9. The van der Waals surface area contributed by atoms with E-state index in [1.54, 1.807) is 12.2 Å². The molecule has 328 valence electrons. The van der Waals surface area contributed by atoms with Crippen LogP contribution in [0, 0.1) is 23.7 Å². The Balaban J connectivity index is 1.53. The van der Waals surface area contributed by atoms with E-state index >= 15 is 0 Å². The number of nitrogens with one attached hydrogen (secondary N) is 2. The van der Waals surface area contributed by atoms with Gasteiger partial charge in [-0.3, -0.25) is 14.4 Å². The van der Waals surface area contributed by atoms with E-state index in [2.05, 4.69) is 71.3 Å². The molecular formula is C46H82N2O8Si. The van der Waals surface area contributed by atoms with Gasteiger partial charge in [-0.15, -0.1) is 0 Å². The molecule has 0 aliphatic carbocycles. The predicted octanol–water partition coefficient (Wildman–Crippen LogP) is 8.96. The van der Waals surface area contributed by atoms with E-state index in [0.29, 0.717) is 24.8 Å². The van der Waals surface area contributed by atoms with Gasteiger partial charge in [0, 0.05) is 32.4 Å². The van der Waals surface area contributed by atoms with Gasteiger partial charge in [0.15, 0.2) is 19.9 Å². The number of amides is 2. The van der Waals surface area contributed by atoms with Crippen LogP contribution in [-0.4, -0.2) is 86.5 Å². The van der Waals surface area contributed by atoms with Crippen molar-refractivity contribution in [3.8, 4) is 0 Å². The molecule has 1 spiro atoms. The Morgan fingerprint density at radius 3 is 2.30 bits per heavy atom. The van der Waals surface area contributed by atoms with Gasteiger partial charge in [-0.05, 0) is 126 Å². The summed E-state index contributed by atoms with van der Waals surface area (Å²) in [5.41, 5.74) is 1.02. The Hall–Kier alpha value is -1.89. The van der Waals surface area contributed by atoms with Crippen LogP contribution in [-0.2, 0) is 33.0 Å². The second kappa shape index (κ2) is 22.6. The molecule has 0 unspecified atom stereocenters. The fraction of sp³-hybridized carbons (Fsp3) is 0.848. The highest BCUT2D eigenvalue weighted by atomic mass is 28.4. The van der Waals surface area contributed by atoms with Gasteiger partial charge >= 0.3 is 0 Å². The molecule has 0 aromatic rings. The van der Waals surface area contributed by atoms with Crippen LogP contribution in [0.4, 0.5) is 0 Å². The molecule has 3 rings (SSSR count). The van der Waals surface area contributed by atoms with E-state index in [-0.39, 0.29) is 65.9 Å². The topological polar surface area (TPSA) is 132 Å². The normalized spacial score (nSPS) is 29.8. The van der Waals surface area contributed by atoms with Crippen LogP contribution in [0.15, 0.2) is 23.8 Å². The van der Waals surface area contributed by atoms with Crippen LogP contribution < -0.4 is 10.6 Å². The van der Waals surface area contributed by atoms with Crippen molar-refractivity contribution in [2.24, 2.45) is 23.7 Å². The molecule has 0 radical (unpaired) electrons. The number of carbonyl (C=O) groups excluding carboxylic acids is 3. The summed E-state index contributed by atoms with van der Waals surface area (Å²) in [7, 11) is -2.28. The summed E-state index contributed by atoms with van der Waals surface area (Å²) in [6, 6.07) is 0. The third kappa shape index (κ3) is 15.9. The SMILES string of the molecule is C/C=C/C(=O)C[C@@H]1CC[C@@H](C)[C@H](CC(=O)NC[C@H](O[Si](C)(C)C(C)(C)C)[C@@H](C)C(=O)NCCC[C@H]2O[C@@]3(CCC[C@@H](CC[C@H](C)/C=C(\C)[C@H](C)O)O3)CC[C@@H]2C)O1. The number of aliphatic hydroxyl groups is 1. The summed E-state index contributed by atoms with van der Waals surface area (Å²) in [5, 5.41) is 16.1. The molecule has 3 fully saturated rings. The van der Waals surface area contributed by atoms with Gasteiger partial charge in [0.05, 0.1) is 49.0 Å². The fourth-order valence-electron chi connectivity index (χ4n) is 8.19. The minimum absolute atomic E-state index is 0.0432. The van der Waals surface area contributed by atoms with Crippen LogP contribution in [0.1, 0.15) is 153 Å². The first-order valence-electron chi connectivity index (χ1n) is 22.4. The zero-order chi connectivity index (χ0) is 42.6. The molecule has 2 amide bonds. The summed E-state index contributed by atoms with van der Waals surface area (Å²) < 4.78 is 26.6. The summed E-state index contributed by atoms with van der Waals surface area (Å²) in [5.74, 6) is -0.138. The van der Waals surface area contributed by atoms with Crippen LogP contribution >= 0.6 is 0 Å². The molecule has 0 aromatic carbocycles. The molecule has 11 heteroatoms. The zero-order valence-electron chi connectivity index (χ0n) is 37.9. The highest BCUT2D eigenvalue weighted by molar-refractivity contribution is 6.74. The summed E-state index contributed by atoms with van der Waals surface area (Å²) >= 11 is 0. The standard InChI is InChI=1S/C46H82N2O8Si/c1-13-16-37(50)28-39-22-20-32(3)41(53-39)29-43(51)48-30-42(56-57(11,12)45(8,9)10)35(6)44(52)47-26-15-18-40-33(4)23-25-46(55-40)24-14-17-38(54-46)21-19-31(2)27-34(5)36(7)49/h13,16,27,31-33,35-36,38-42,49H,14-15,17-26,28-30H2,1-12H3,(H,47,52)(H,48,51)/b16-13+,34-27+/t31-,32+,33-,35+,36-,38-,39-,40+,41-,42-,46-/m0/s1. The molecule has 0 bridgehead atoms. The van der Waals surface area contributed by atoms with Crippen molar-refractivity contribution in [3.63, 3.8) is 0 Å². The number of rotatable bonds is 20. The smallest absolute Gasteiger partial charge is 0.225 e. The Morgan fingerprint density at radius 1 is 0.930 bits per heavy atom. The van der Waals surface area contributed by atoms with E-state index in [1.165, 1.54) is 0 Å². The summed E-state index contributed by atoms with van der Waals surface area (Å²) in [6.07, 6.45) is 15.4. The Kier molecular flexibility index (Phi) is 19.6. The average Bonchev–Trinajstić information content (AvgIpc) is 3.13. The predicted molar refractivity (Wildman–Crippen MR) is 231 cm³/mol. The fourth-order valence-corrected chi connectivity index (χ4v) is 9.59. The minimum Gasteiger partial charge on any atom is -0.411 e. The Morgan fingerprint density at radius 2 is 1.63 bits per heavy atom. The van der Waals surface area contributed by atoms with Crippen molar-refractivity contribution >= 4 is 25.9 Å². The lowest BCUT2D eigenvalue weighted by atomic mass is 9.85. The summed E-state index contributed by atoms with van der Waals surface area (Å²) in [4.78, 5) is 39.2. The number of carbonyl (C=O) groups is 3. The van der Waals surface area contributed by atoms with Crippen LogP contribution in [0.3, 0.4) is 0 Å². The van der Waals surface area contributed by atoms with Gasteiger partial charge in [0.25, 0.3) is 0 Å². The lowest BCUT2D eigenvalue weighted by molar-refractivity contribution is -0.324. The zero-order valence-corrected chi connectivity index (χ0v) is 38.9. The summed E-state index contributed by atoms with van der Waals surface area (Å²) in [6.45, 7) is 25.8. The second-order valence-electron chi connectivity index (χ2n) is 19.5.